The van der Waals surface area contributed by atoms with Crippen LogP contribution in [-0.4, -0.2) is 105 Å². The molecule has 19 heteroatoms. The van der Waals surface area contributed by atoms with Gasteiger partial charge in [-0.1, -0.05) is 33.8 Å². The Kier molecular flexibility index (Phi) is 12.7. The number of benzene rings is 3. The largest absolute Gasteiger partial charge is 0.497 e. The number of nitrogens with zero attached hydrogens (tertiary/aromatic N) is 5. The molecule has 0 aliphatic carbocycles. The molecule has 370 valence electrons. The van der Waals surface area contributed by atoms with Crippen LogP contribution in [0.5, 0.6) is 11.5 Å². The minimum absolute atomic E-state index is 0.161. The Morgan fingerprint density at radius 1 is 0.746 bits per heavy atom. The zero-order valence-corrected chi connectivity index (χ0v) is 41.3. The second-order valence-electron chi connectivity index (χ2n) is 19.0. The normalized spacial score (nSPS) is 18.4. The summed E-state index contributed by atoms with van der Waals surface area (Å²) in [7, 11) is 4.18. The van der Waals surface area contributed by atoms with Crippen molar-refractivity contribution in [2.45, 2.75) is 83.8 Å². The van der Waals surface area contributed by atoms with Crippen molar-refractivity contribution in [2.24, 2.45) is 11.8 Å². The number of carbonyl (C=O) groups excluding carboxylic acids is 4. The highest BCUT2D eigenvalue weighted by atomic mass is 32.1. The first-order chi connectivity index (χ1) is 34.2. The zero-order chi connectivity index (χ0) is 49.8. The number of rotatable bonds is 12. The van der Waals surface area contributed by atoms with E-state index in [1.807, 2.05) is 80.8 Å². The van der Waals surface area contributed by atoms with Crippen LogP contribution in [0.4, 0.5) is 14.0 Å². The van der Waals surface area contributed by atoms with Crippen LogP contribution in [0.3, 0.4) is 0 Å². The van der Waals surface area contributed by atoms with Crippen molar-refractivity contribution in [2.75, 3.05) is 34.4 Å². The molecule has 0 saturated carbocycles. The van der Waals surface area contributed by atoms with Gasteiger partial charge in [-0.05, 0) is 97.5 Å². The maximum atomic E-state index is 17.0. The zero-order valence-electron chi connectivity index (χ0n) is 40.5. The van der Waals surface area contributed by atoms with Gasteiger partial charge in [0.1, 0.15) is 41.0 Å². The van der Waals surface area contributed by atoms with E-state index in [1.165, 1.54) is 20.3 Å². The first-order valence-corrected chi connectivity index (χ1v) is 24.7. The van der Waals surface area contributed by atoms with Crippen molar-refractivity contribution in [1.29, 1.82) is 0 Å². The van der Waals surface area contributed by atoms with Gasteiger partial charge in [-0.25, -0.2) is 23.9 Å². The third-order valence-electron chi connectivity index (χ3n) is 13.9. The van der Waals surface area contributed by atoms with Crippen molar-refractivity contribution in [3.05, 3.63) is 95.4 Å². The van der Waals surface area contributed by atoms with Crippen LogP contribution in [0.1, 0.15) is 88.2 Å². The predicted molar refractivity (Wildman–Crippen MR) is 265 cm³/mol. The number of halogens is 1. The molecule has 4 aromatic heterocycles. The van der Waals surface area contributed by atoms with Crippen LogP contribution in [0.2, 0.25) is 0 Å². The number of aromatic nitrogens is 5. The molecule has 5 atom stereocenters. The van der Waals surface area contributed by atoms with Crippen LogP contribution in [0.25, 0.3) is 54.8 Å². The van der Waals surface area contributed by atoms with E-state index in [9.17, 15) is 19.2 Å². The number of carbonyl (C=O) groups is 4. The lowest BCUT2D eigenvalue weighted by atomic mass is 10.0. The molecule has 10 rings (SSSR count). The number of hydrogen-bond acceptors (Lipinski definition) is 11. The number of alkyl carbamates (subject to hydrolysis) is 2. The highest BCUT2D eigenvalue weighted by molar-refractivity contribution is 7.19. The number of nitrogens with one attached hydrogen (secondary N) is 4. The summed E-state index contributed by atoms with van der Waals surface area (Å²) in [6, 6.07) is 17.1. The molecule has 4 amide bonds. The molecule has 17 nitrogen and oxygen atoms in total. The Morgan fingerprint density at radius 3 is 1.93 bits per heavy atom. The lowest BCUT2D eigenvalue weighted by Crippen LogP contribution is -2.51. The SMILES string of the molecule is COC(=O)N[C@H](C(=O)N1CCC[C@H]1c1ncc(-c2cc(F)c3c(c2)OC(c2cc4cc(OC)ccc4s2)n2c-3cc3cc(-c4cnc([C@@H]5CCCN5C(=O)[C@@H](NC(=O)OC)C(C)C)[nH]4)ccc32)[nH]1)C(C)C. The quantitative estimate of drug-likeness (QED) is 0.0915. The summed E-state index contributed by atoms with van der Waals surface area (Å²) in [5, 5.41) is 7.23. The number of methoxy groups -OCH3 is 3. The lowest BCUT2D eigenvalue weighted by Gasteiger charge is -2.30. The maximum absolute atomic E-state index is 17.0. The molecular formula is C52H56FN9O8S. The average Bonchev–Trinajstić information content (AvgIpc) is 4.23. The molecule has 7 heterocycles. The molecular weight excluding hydrogens is 930 g/mol. The predicted octanol–water partition coefficient (Wildman–Crippen LogP) is 9.48. The number of amides is 4. The Labute approximate surface area is 413 Å². The number of hydrogen-bond donors (Lipinski definition) is 4. The fourth-order valence-corrected chi connectivity index (χ4v) is 11.3. The molecule has 0 spiro atoms. The van der Waals surface area contributed by atoms with Gasteiger partial charge in [0.05, 0.1) is 78.8 Å². The molecule has 0 bridgehead atoms. The van der Waals surface area contributed by atoms with Gasteiger partial charge in [-0.3, -0.25) is 14.2 Å². The molecule has 2 fully saturated rings. The van der Waals surface area contributed by atoms with E-state index in [2.05, 4.69) is 26.7 Å². The molecule has 0 radical (unpaired) electrons. The number of thiophene rings is 1. The van der Waals surface area contributed by atoms with Crippen molar-refractivity contribution in [1.82, 2.24) is 44.9 Å². The summed E-state index contributed by atoms with van der Waals surface area (Å²) in [5.74, 6) is 1.05. The third-order valence-corrected chi connectivity index (χ3v) is 15.1. The summed E-state index contributed by atoms with van der Waals surface area (Å²) in [6.07, 6.45) is 4.32. The Morgan fingerprint density at radius 2 is 1.35 bits per heavy atom. The van der Waals surface area contributed by atoms with Crippen LogP contribution in [0, 0.1) is 17.7 Å². The average molecular weight is 986 g/mol. The fourth-order valence-electron chi connectivity index (χ4n) is 10.3. The second-order valence-corrected chi connectivity index (χ2v) is 20.1. The Hall–Kier alpha value is -7.41. The molecule has 71 heavy (non-hydrogen) atoms. The van der Waals surface area contributed by atoms with E-state index in [1.54, 1.807) is 40.6 Å². The molecule has 3 aliphatic rings. The van der Waals surface area contributed by atoms with E-state index in [0.717, 1.165) is 55.7 Å². The monoisotopic (exact) mass is 985 g/mol. The van der Waals surface area contributed by atoms with Gasteiger partial charge in [-0.2, -0.15) is 0 Å². The van der Waals surface area contributed by atoms with Gasteiger partial charge in [0.2, 0.25) is 18.0 Å². The number of aromatic amines is 2. The fraction of sp³-hybridized carbons (Fsp3) is 0.385. The number of likely N-dealkylation sites (tertiary alicyclic amines) is 2. The van der Waals surface area contributed by atoms with Gasteiger partial charge in [0.25, 0.3) is 0 Å². The number of ether oxygens (including phenoxy) is 4. The van der Waals surface area contributed by atoms with Crippen LogP contribution >= 0.6 is 11.3 Å². The van der Waals surface area contributed by atoms with E-state index in [-0.39, 0.29) is 35.7 Å². The summed E-state index contributed by atoms with van der Waals surface area (Å²) in [5.41, 5.74) is 4.46. The summed E-state index contributed by atoms with van der Waals surface area (Å²) >= 11 is 1.59. The lowest BCUT2D eigenvalue weighted by molar-refractivity contribution is -0.136. The molecule has 3 aliphatic heterocycles. The Balaban J connectivity index is 0.991. The number of H-pyrrole nitrogens is 2. The van der Waals surface area contributed by atoms with Crippen LogP contribution in [0.15, 0.2) is 73.1 Å². The maximum Gasteiger partial charge on any atom is 0.407 e. The van der Waals surface area contributed by atoms with Crippen molar-refractivity contribution < 1.29 is 42.5 Å². The molecule has 3 aromatic carbocycles. The van der Waals surface area contributed by atoms with Gasteiger partial charge < -0.3 is 49.3 Å². The van der Waals surface area contributed by atoms with Gasteiger partial charge in [0, 0.05) is 34.3 Å². The number of fused-ring (bicyclic) bond motifs is 6. The second kappa shape index (κ2) is 19.1. The van der Waals surface area contributed by atoms with Crippen molar-refractivity contribution in [3.8, 4) is 45.3 Å². The summed E-state index contributed by atoms with van der Waals surface area (Å²) < 4.78 is 42.2. The standard InChI is InChI=1S/C52H56FN9O8S/c1-26(2)44(58-51(65)68-6)48(63)60-16-8-10-37(60)46-54-24-34(56-46)28-12-14-36-30(18-28)21-39-43-33(53)20-29(22-40(43)70-50(62(36)39)42-23-31-19-32(67-5)13-15-41(31)71-42)35-25-55-47(57-35)38-11-9-17-61(38)49(64)45(27(3)4)59-52(66)69-7/h12-15,18-27,37-38,44-45,50H,8-11,16-17H2,1-7H3,(H,54,56)(H,55,57)(H,58,65)(H,59,66)/t37-,38-,44-,45-,50?/m0/s1. The van der Waals surface area contributed by atoms with Crippen LogP contribution < -0.4 is 20.1 Å². The highest BCUT2D eigenvalue weighted by Crippen LogP contribution is 2.49. The van der Waals surface area contributed by atoms with E-state index in [4.69, 9.17) is 28.9 Å². The van der Waals surface area contributed by atoms with E-state index >= 15 is 4.39 Å². The minimum atomic E-state index is -0.782. The minimum Gasteiger partial charge on any atom is -0.497 e. The molecule has 7 aromatic rings. The Bertz CT molecular complexity index is 3190. The van der Waals surface area contributed by atoms with E-state index in [0.29, 0.717) is 65.8 Å². The summed E-state index contributed by atoms with van der Waals surface area (Å²) in [6.45, 7) is 8.53. The van der Waals surface area contributed by atoms with Crippen LogP contribution in [-0.2, 0) is 19.1 Å². The van der Waals surface area contributed by atoms with Gasteiger partial charge in [0.15, 0.2) is 0 Å². The van der Waals surface area contributed by atoms with E-state index < -0.39 is 36.3 Å². The first-order valence-electron chi connectivity index (χ1n) is 23.9. The van der Waals surface area contributed by atoms with Gasteiger partial charge in [-0.15, -0.1) is 11.3 Å². The molecule has 1 unspecified atom stereocenters. The molecule has 4 N–H and O–H groups in total. The topological polar surface area (TPSA) is 198 Å². The summed E-state index contributed by atoms with van der Waals surface area (Å²) in [4.78, 5) is 72.8. The van der Waals surface area contributed by atoms with Gasteiger partial charge >= 0.3 is 12.2 Å². The third kappa shape index (κ3) is 8.69. The highest BCUT2D eigenvalue weighted by Gasteiger charge is 2.40. The van der Waals surface area contributed by atoms with Crippen molar-refractivity contribution >= 4 is 56.3 Å². The molecule has 2 saturated heterocycles. The number of imidazole rings is 2. The first kappa shape index (κ1) is 47.3. The smallest absolute Gasteiger partial charge is 0.407 e. The van der Waals surface area contributed by atoms with Crippen molar-refractivity contribution in [3.63, 3.8) is 0 Å².